The number of nitrogens with one attached hydrogen (secondary N) is 1. The second-order valence-electron chi connectivity index (χ2n) is 4.10. The molecule has 21 heavy (non-hydrogen) atoms. The van der Waals surface area contributed by atoms with Crippen molar-refractivity contribution in [2.45, 2.75) is 4.90 Å². The molecule has 1 amide bonds. The molecule has 1 rings (SSSR count). The summed E-state index contributed by atoms with van der Waals surface area (Å²) in [5.74, 6) is -0.116. The van der Waals surface area contributed by atoms with Crippen molar-refractivity contribution in [3.8, 4) is 5.75 Å². The fraction of sp³-hybridized carbons (Fsp3) is 0.417. The van der Waals surface area contributed by atoms with Gasteiger partial charge in [0.1, 0.15) is 5.75 Å². The number of hydrogen-bond donors (Lipinski definition) is 2. The summed E-state index contributed by atoms with van der Waals surface area (Å²) in [6.45, 7) is -0.515. The van der Waals surface area contributed by atoms with Gasteiger partial charge in [-0.25, -0.2) is 8.42 Å². The van der Waals surface area contributed by atoms with Crippen molar-refractivity contribution in [3.63, 3.8) is 0 Å². The topological polar surface area (TPSA) is 95.9 Å². The van der Waals surface area contributed by atoms with E-state index in [1.165, 1.54) is 32.3 Å². The van der Waals surface area contributed by atoms with Gasteiger partial charge < -0.3 is 15.2 Å². The van der Waals surface area contributed by atoms with Crippen molar-refractivity contribution in [1.82, 2.24) is 9.62 Å². The highest BCUT2D eigenvalue weighted by Crippen LogP contribution is 2.28. The van der Waals surface area contributed by atoms with Crippen LogP contribution in [0, 0.1) is 0 Å². The number of carbonyl (C=O) groups excluding carboxylic acids is 1. The van der Waals surface area contributed by atoms with E-state index < -0.39 is 10.0 Å². The van der Waals surface area contributed by atoms with Crippen molar-refractivity contribution < 1.29 is 23.1 Å². The molecule has 0 aliphatic carbocycles. The number of likely N-dealkylation sites (N-methyl/N-ethyl adjacent to an activating group) is 2. The summed E-state index contributed by atoms with van der Waals surface area (Å²) in [5, 5.41) is 11.3. The number of amides is 1. The molecule has 0 spiro atoms. The van der Waals surface area contributed by atoms with Gasteiger partial charge in [0.05, 0.1) is 16.5 Å². The zero-order chi connectivity index (χ0) is 16.0. The van der Waals surface area contributed by atoms with Crippen LogP contribution in [0.5, 0.6) is 5.75 Å². The van der Waals surface area contributed by atoms with Crippen molar-refractivity contribution in [2.24, 2.45) is 0 Å². The molecule has 2 N–H and O–H groups in total. The summed E-state index contributed by atoms with van der Waals surface area (Å²) < 4.78 is 30.5. The predicted molar refractivity (Wildman–Crippen MR) is 77.9 cm³/mol. The first-order chi connectivity index (χ1) is 9.82. The highest BCUT2D eigenvalue weighted by atomic mass is 35.5. The number of halogens is 1. The van der Waals surface area contributed by atoms with E-state index in [-0.39, 0.29) is 41.3 Å². The van der Waals surface area contributed by atoms with Crippen molar-refractivity contribution in [1.29, 1.82) is 0 Å². The number of ether oxygens (including phenoxy) is 1. The quantitative estimate of drug-likeness (QED) is 0.735. The normalized spacial score (nSPS) is 11.5. The minimum absolute atomic E-state index is 0.0178. The van der Waals surface area contributed by atoms with Crippen LogP contribution in [0.3, 0.4) is 0 Å². The summed E-state index contributed by atoms with van der Waals surface area (Å²) in [5.41, 5.74) is 0. The number of nitrogens with zero attached hydrogens (tertiary/aromatic N) is 1. The van der Waals surface area contributed by atoms with Crippen LogP contribution in [-0.2, 0) is 14.8 Å². The van der Waals surface area contributed by atoms with Gasteiger partial charge in [0.2, 0.25) is 10.0 Å². The number of carbonyl (C=O) groups is 1. The molecule has 0 unspecified atom stereocenters. The Hall–Kier alpha value is -1.35. The van der Waals surface area contributed by atoms with Gasteiger partial charge in [-0.2, -0.15) is 4.31 Å². The average Bonchev–Trinajstić information content (AvgIpc) is 2.45. The lowest BCUT2D eigenvalue weighted by molar-refractivity contribution is -0.122. The molecule has 0 saturated carbocycles. The van der Waals surface area contributed by atoms with Crippen LogP contribution in [0.1, 0.15) is 0 Å². The van der Waals surface area contributed by atoms with Crippen LogP contribution in [-0.4, -0.2) is 57.6 Å². The summed E-state index contributed by atoms with van der Waals surface area (Å²) in [7, 11) is -0.893. The maximum atomic E-state index is 12.1. The molecule has 0 atom stereocenters. The molecule has 1 aromatic rings. The number of hydrogen-bond acceptors (Lipinski definition) is 5. The van der Waals surface area contributed by atoms with E-state index in [0.29, 0.717) is 0 Å². The van der Waals surface area contributed by atoms with E-state index >= 15 is 0 Å². The number of aliphatic hydroxyl groups excluding tert-OH is 1. The standard InChI is InChI=1S/C12H17ClN2O5S/c1-14-12(17)8-20-11-4-3-9(7-10(11)13)21(18,19)15(2)5-6-16/h3-4,7,16H,5-6,8H2,1-2H3,(H,14,17). The minimum Gasteiger partial charge on any atom is -0.482 e. The highest BCUT2D eigenvalue weighted by Gasteiger charge is 2.21. The summed E-state index contributed by atoms with van der Waals surface area (Å²) >= 11 is 5.95. The molecule has 0 bridgehead atoms. The van der Waals surface area contributed by atoms with Crippen LogP contribution in [0.4, 0.5) is 0 Å². The fourth-order valence-electron chi connectivity index (χ4n) is 1.42. The smallest absolute Gasteiger partial charge is 0.257 e. The van der Waals surface area contributed by atoms with Gasteiger partial charge in [0, 0.05) is 20.6 Å². The van der Waals surface area contributed by atoms with Gasteiger partial charge >= 0.3 is 0 Å². The van der Waals surface area contributed by atoms with Crippen LogP contribution >= 0.6 is 11.6 Å². The molecule has 7 nitrogen and oxygen atoms in total. The Balaban J connectivity index is 2.94. The largest absolute Gasteiger partial charge is 0.482 e. The van der Waals surface area contributed by atoms with Crippen LogP contribution in [0.2, 0.25) is 5.02 Å². The maximum absolute atomic E-state index is 12.1. The Bertz CT molecular complexity index is 606. The molecule has 0 fully saturated rings. The SMILES string of the molecule is CNC(=O)COc1ccc(S(=O)(=O)N(C)CCO)cc1Cl. The highest BCUT2D eigenvalue weighted by molar-refractivity contribution is 7.89. The summed E-state index contributed by atoms with van der Waals surface area (Å²) in [6, 6.07) is 3.95. The lowest BCUT2D eigenvalue weighted by Crippen LogP contribution is -2.29. The molecule has 0 saturated heterocycles. The molecule has 0 radical (unpaired) electrons. The van der Waals surface area contributed by atoms with E-state index in [1.807, 2.05) is 0 Å². The van der Waals surface area contributed by atoms with Gasteiger partial charge in [-0.1, -0.05) is 11.6 Å². The third kappa shape index (κ3) is 4.57. The lowest BCUT2D eigenvalue weighted by Gasteiger charge is -2.16. The first-order valence-electron chi connectivity index (χ1n) is 6.03. The molecule has 0 aliphatic heterocycles. The number of rotatable bonds is 7. The average molecular weight is 337 g/mol. The molecule has 0 aromatic heterocycles. The van der Waals surface area contributed by atoms with E-state index in [9.17, 15) is 13.2 Å². The number of aliphatic hydroxyl groups is 1. The Labute approximate surface area is 128 Å². The second-order valence-corrected chi connectivity index (χ2v) is 6.56. The third-order valence-electron chi connectivity index (χ3n) is 2.66. The van der Waals surface area contributed by atoms with Crippen molar-refractivity contribution >= 4 is 27.5 Å². The molecule has 118 valence electrons. The van der Waals surface area contributed by atoms with E-state index in [1.54, 1.807) is 0 Å². The fourth-order valence-corrected chi connectivity index (χ4v) is 2.90. The van der Waals surface area contributed by atoms with E-state index in [0.717, 1.165) is 4.31 Å². The maximum Gasteiger partial charge on any atom is 0.257 e. The summed E-state index contributed by atoms with van der Waals surface area (Å²) in [4.78, 5) is 11.1. The molecule has 1 aromatic carbocycles. The van der Waals surface area contributed by atoms with Crippen LogP contribution in [0.15, 0.2) is 23.1 Å². The van der Waals surface area contributed by atoms with Gasteiger partial charge in [0.25, 0.3) is 5.91 Å². The molecular formula is C12H17ClN2O5S. The van der Waals surface area contributed by atoms with Gasteiger partial charge in [-0.3, -0.25) is 4.79 Å². The van der Waals surface area contributed by atoms with Crippen LogP contribution in [0.25, 0.3) is 0 Å². The minimum atomic E-state index is -3.72. The van der Waals surface area contributed by atoms with Crippen molar-refractivity contribution in [2.75, 3.05) is 33.9 Å². The molecular weight excluding hydrogens is 320 g/mol. The van der Waals surface area contributed by atoms with E-state index in [4.69, 9.17) is 21.4 Å². The van der Waals surface area contributed by atoms with Crippen molar-refractivity contribution in [3.05, 3.63) is 23.2 Å². The molecule has 0 heterocycles. The zero-order valence-electron chi connectivity index (χ0n) is 11.7. The monoisotopic (exact) mass is 336 g/mol. The Morgan fingerprint density at radius 2 is 2.14 bits per heavy atom. The van der Waals surface area contributed by atoms with E-state index in [2.05, 4.69) is 5.32 Å². The summed E-state index contributed by atoms with van der Waals surface area (Å²) in [6.07, 6.45) is 0. The lowest BCUT2D eigenvalue weighted by atomic mass is 10.3. The predicted octanol–water partition coefficient (Wildman–Crippen LogP) is 0.0776. The third-order valence-corrected chi connectivity index (χ3v) is 4.81. The Kier molecular flexibility index (Phi) is 6.41. The van der Waals surface area contributed by atoms with Gasteiger partial charge in [-0.05, 0) is 18.2 Å². The number of benzene rings is 1. The van der Waals surface area contributed by atoms with Crippen LogP contribution < -0.4 is 10.1 Å². The van der Waals surface area contributed by atoms with Gasteiger partial charge in [0.15, 0.2) is 6.61 Å². The zero-order valence-corrected chi connectivity index (χ0v) is 13.2. The van der Waals surface area contributed by atoms with Gasteiger partial charge in [-0.15, -0.1) is 0 Å². The molecule has 9 heteroatoms. The number of sulfonamides is 1. The first kappa shape index (κ1) is 17.7. The first-order valence-corrected chi connectivity index (χ1v) is 7.85. The Morgan fingerprint density at radius 1 is 1.48 bits per heavy atom. The second kappa shape index (κ2) is 7.60. The Morgan fingerprint density at radius 3 is 2.67 bits per heavy atom. The molecule has 0 aliphatic rings.